The van der Waals surface area contributed by atoms with Crippen LogP contribution in [0, 0.1) is 13.8 Å². The molecule has 4 rings (SSSR count). The first kappa shape index (κ1) is 24.1. The van der Waals surface area contributed by atoms with Gasteiger partial charge in [0.15, 0.2) is 0 Å². The molecule has 4 aromatic rings. The van der Waals surface area contributed by atoms with Gasteiger partial charge in [-0.1, -0.05) is 48.0 Å². The second-order valence-electron chi connectivity index (χ2n) is 8.12. The van der Waals surface area contributed by atoms with Crippen LogP contribution in [0.4, 0.5) is 0 Å². The summed E-state index contributed by atoms with van der Waals surface area (Å²) in [5.74, 6) is -0.670. The summed E-state index contributed by atoms with van der Waals surface area (Å²) in [4.78, 5) is 43.8. The number of carbonyl (C=O) groups excluding carboxylic acids is 1. The van der Waals surface area contributed by atoms with E-state index < -0.39 is 17.2 Å². The molecule has 0 aliphatic rings. The van der Waals surface area contributed by atoms with Crippen molar-refractivity contribution in [3.63, 3.8) is 0 Å². The molecule has 2 aromatic heterocycles. The average Bonchev–Trinajstić information content (AvgIpc) is 2.85. The van der Waals surface area contributed by atoms with E-state index >= 15 is 0 Å². The Labute approximate surface area is 206 Å². The normalized spacial score (nSPS) is 10.8. The highest BCUT2D eigenvalue weighted by Gasteiger charge is 2.21. The summed E-state index contributed by atoms with van der Waals surface area (Å²) in [6, 6.07) is 17.9. The molecule has 2 aromatic carbocycles. The van der Waals surface area contributed by atoms with Crippen LogP contribution in [0.5, 0.6) is 0 Å². The fourth-order valence-electron chi connectivity index (χ4n) is 3.57. The minimum absolute atomic E-state index is 0.000664. The van der Waals surface area contributed by atoms with E-state index in [9.17, 15) is 14.4 Å². The van der Waals surface area contributed by atoms with Crippen LogP contribution in [0.15, 0.2) is 76.4 Å². The summed E-state index contributed by atoms with van der Waals surface area (Å²) in [6.45, 7) is 3.98. The Morgan fingerprint density at radius 1 is 1.00 bits per heavy atom. The van der Waals surface area contributed by atoms with E-state index in [0.717, 1.165) is 31.6 Å². The van der Waals surface area contributed by atoms with Gasteiger partial charge in [-0.15, -0.1) is 0 Å². The van der Waals surface area contributed by atoms with Crippen molar-refractivity contribution >= 4 is 17.5 Å². The van der Waals surface area contributed by atoms with Gasteiger partial charge in [-0.3, -0.25) is 19.1 Å². The zero-order valence-electron chi connectivity index (χ0n) is 19.4. The van der Waals surface area contributed by atoms with Gasteiger partial charge in [0.1, 0.15) is 0 Å². The quantitative estimate of drug-likeness (QED) is 0.430. The van der Waals surface area contributed by atoms with E-state index in [4.69, 9.17) is 11.6 Å². The number of amides is 1. The number of hydrogen-bond acceptors (Lipinski definition) is 5. The third kappa shape index (κ3) is 5.38. The highest BCUT2D eigenvalue weighted by molar-refractivity contribution is 6.31. The third-order valence-electron chi connectivity index (χ3n) is 5.66. The van der Waals surface area contributed by atoms with E-state index in [2.05, 4.69) is 15.4 Å². The maximum Gasteiger partial charge on any atom is 0.352 e. The summed E-state index contributed by atoms with van der Waals surface area (Å²) < 4.78 is 2.06. The first-order valence-electron chi connectivity index (χ1n) is 11.1. The van der Waals surface area contributed by atoms with Crippen molar-refractivity contribution < 1.29 is 4.79 Å². The predicted molar refractivity (Wildman–Crippen MR) is 134 cm³/mol. The molecule has 9 heteroatoms. The van der Waals surface area contributed by atoms with Gasteiger partial charge < -0.3 is 5.32 Å². The molecule has 0 fully saturated rings. The Hall–Kier alpha value is -4.04. The molecule has 1 amide bonds. The summed E-state index contributed by atoms with van der Waals surface area (Å²) in [5.41, 5.74) is 1.88. The maximum atomic E-state index is 13.4. The van der Waals surface area contributed by atoms with Crippen molar-refractivity contribution in [2.24, 2.45) is 0 Å². The molecule has 0 unspecified atom stereocenters. The zero-order valence-corrected chi connectivity index (χ0v) is 20.1. The highest BCUT2D eigenvalue weighted by Crippen LogP contribution is 2.18. The molecule has 0 aliphatic carbocycles. The summed E-state index contributed by atoms with van der Waals surface area (Å²) in [7, 11) is 0. The van der Waals surface area contributed by atoms with Gasteiger partial charge in [-0.05, 0) is 54.8 Å². The Morgan fingerprint density at radius 2 is 1.77 bits per heavy atom. The standard InChI is InChI=1S/C26H24ClN5O3/c1-17-7-3-4-8-19(17)16-31-25(34)23(24(33)29-14-12-20-9-5-6-13-28-20)30-32(26(31)35)21-11-10-18(2)22(27)15-21/h3-11,13,15H,12,14,16H2,1-2H3,(H,29,33). The smallest absolute Gasteiger partial charge is 0.350 e. The lowest BCUT2D eigenvalue weighted by Gasteiger charge is -2.14. The summed E-state index contributed by atoms with van der Waals surface area (Å²) >= 11 is 6.27. The van der Waals surface area contributed by atoms with Gasteiger partial charge in [-0.2, -0.15) is 9.78 Å². The number of aromatic nitrogens is 4. The molecule has 0 atom stereocenters. The first-order valence-corrected chi connectivity index (χ1v) is 11.5. The molecule has 0 bridgehead atoms. The molecule has 1 N–H and O–H groups in total. The number of nitrogens with one attached hydrogen (secondary N) is 1. The molecular formula is C26H24ClN5O3. The van der Waals surface area contributed by atoms with Gasteiger partial charge >= 0.3 is 5.69 Å². The van der Waals surface area contributed by atoms with Crippen LogP contribution in [-0.2, 0) is 13.0 Å². The molecule has 8 nitrogen and oxygen atoms in total. The third-order valence-corrected chi connectivity index (χ3v) is 6.06. The molecule has 0 saturated heterocycles. The maximum absolute atomic E-state index is 13.4. The number of nitrogens with zero attached hydrogens (tertiary/aromatic N) is 4. The molecule has 2 heterocycles. The Balaban J connectivity index is 1.75. The van der Waals surface area contributed by atoms with Crippen molar-refractivity contribution in [2.45, 2.75) is 26.8 Å². The molecule has 0 spiro atoms. The number of aryl methyl sites for hydroxylation is 2. The largest absolute Gasteiger partial charge is 0.352 e. The SMILES string of the molecule is Cc1ccc(-n2nc(C(=O)NCCc3ccccn3)c(=O)n(Cc3ccccc3C)c2=O)cc1Cl. The monoisotopic (exact) mass is 489 g/mol. The van der Waals surface area contributed by atoms with Crippen molar-refractivity contribution in [3.05, 3.63) is 121 Å². The van der Waals surface area contributed by atoms with Crippen molar-refractivity contribution in [3.8, 4) is 5.69 Å². The van der Waals surface area contributed by atoms with Gasteiger partial charge in [-0.25, -0.2) is 4.79 Å². The van der Waals surface area contributed by atoms with Crippen LogP contribution in [0.3, 0.4) is 0 Å². The van der Waals surface area contributed by atoms with Gasteiger partial charge in [0.25, 0.3) is 11.5 Å². The van der Waals surface area contributed by atoms with Crippen LogP contribution >= 0.6 is 11.6 Å². The minimum Gasteiger partial charge on any atom is -0.350 e. The molecule has 0 aliphatic heterocycles. The zero-order chi connectivity index (χ0) is 24.9. The van der Waals surface area contributed by atoms with E-state index in [1.54, 1.807) is 24.4 Å². The summed E-state index contributed by atoms with van der Waals surface area (Å²) in [6.07, 6.45) is 2.16. The molecule has 35 heavy (non-hydrogen) atoms. The van der Waals surface area contributed by atoms with Crippen LogP contribution in [-0.4, -0.2) is 31.8 Å². The second kappa shape index (κ2) is 10.5. The number of hydrogen-bond donors (Lipinski definition) is 1. The lowest BCUT2D eigenvalue weighted by atomic mass is 10.1. The lowest BCUT2D eigenvalue weighted by Crippen LogP contribution is -2.46. The Bertz CT molecular complexity index is 1500. The summed E-state index contributed by atoms with van der Waals surface area (Å²) in [5, 5.41) is 7.30. The van der Waals surface area contributed by atoms with Crippen LogP contribution in [0.2, 0.25) is 5.02 Å². The van der Waals surface area contributed by atoms with Gasteiger partial charge in [0.05, 0.1) is 12.2 Å². The Kier molecular flexibility index (Phi) is 7.22. The van der Waals surface area contributed by atoms with Crippen molar-refractivity contribution in [2.75, 3.05) is 6.54 Å². The van der Waals surface area contributed by atoms with E-state index in [-0.39, 0.29) is 18.8 Å². The van der Waals surface area contributed by atoms with Crippen molar-refractivity contribution in [1.29, 1.82) is 0 Å². The van der Waals surface area contributed by atoms with Crippen LogP contribution < -0.4 is 16.6 Å². The predicted octanol–water partition coefficient (Wildman–Crippen LogP) is 3.08. The number of carbonyl (C=O) groups is 1. The van der Waals surface area contributed by atoms with E-state index in [1.807, 2.05) is 56.3 Å². The number of pyridine rings is 1. The molecule has 0 saturated carbocycles. The van der Waals surface area contributed by atoms with Crippen molar-refractivity contribution in [1.82, 2.24) is 24.6 Å². The van der Waals surface area contributed by atoms with E-state index in [1.165, 1.54) is 0 Å². The topological polar surface area (TPSA) is 98.9 Å². The first-order chi connectivity index (χ1) is 16.8. The molecule has 178 valence electrons. The van der Waals surface area contributed by atoms with Gasteiger partial charge in [0, 0.05) is 29.9 Å². The number of rotatable bonds is 7. The van der Waals surface area contributed by atoms with E-state index in [0.29, 0.717) is 17.1 Å². The molecule has 0 radical (unpaired) electrons. The number of benzene rings is 2. The average molecular weight is 490 g/mol. The van der Waals surface area contributed by atoms with Gasteiger partial charge in [0.2, 0.25) is 5.69 Å². The minimum atomic E-state index is -0.761. The number of halogens is 1. The Morgan fingerprint density at radius 3 is 2.49 bits per heavy atom. The lowest BCUT2D eigenvalue weighted by molar-refractivity contribution is 0.0944. The fourth-order valence-corrected chi connectivity index (χ4v) is 3.74. The van der Waals surface area contributed by atoms with Crippen LogP contribution in [0.1, 0.15) is 32.9 Å². The highest BCUT2D eigenvalue weighted by atomic mass is 35.5. The van der Waals surface area contributed by atoms with Crippen LogP contribution in [0.25, 0.3) is 5.69 Å². The fraction of sp³-hybridized carbons (Fsp3) is 0.192. The second-order valence-corrected chi connectivity index (χ2v) is 8.53. The molecular weight excluding hydrogens is 466 g/mol.